The van der Waals surface area contributed by atoms with E-state index in [1.54, 1.807) is 6.07 Å². The number of benzene rings is 1. The molecule has 1 aromatic carbocycles. The summed E-state index contributed by atoms with van der Waals surface area (Å²) in [6.07, 6.45) is 2.01. The summed E-state index contributed by atoms with van der Waals surface area (Å²) in [4.78, 5) is 12.5. The molecule has 0 saturated carbocycles. The fourth-order valence-corrected chi connectivity index (χ4v) is 4.77. The van der Waals surface area contributed by atoms with E-state index in [9.17, 15) is 13.2 Å². The van der Waals surface area contributed by atoms with E-state index in [0.29, 0.717) is 30.8 Å². The number of carbonyl (C=O) groups excluding carboxylic acids is 1. The number of carbonyl (C=O) groups is 1. The molecule has 0 aromatic heterocycles. The zero-order valence-electron chi connectivity index (χ0n) is 14.2. The molecule has 7 heteroatoms. The average molecular weight is 373 g/mol. The molecule has 2 unspecified atom stereocenters. The Balaban J connectivity index is 1.99. The maximum absolute atomic E-state index is 12.5. The molecular formula is C17H25ClN2O3S. The highest BCUT2D eigenvalue weighted by Gasteiger charge is 2.32. The van der Waals surface area contributed by atoms with Gasteiger partial charge in [-0.1, -0.05) is 30.7 Å². The number of nitrogens with zero attached hydrogens (tertiary/aromatic N) is 1. The minimum Gasteiger partial charge on any atom is -0.349 e. The summed E-state index contributed by atoms with van der Waals surface area (Å²) in [5.74, 6) is -0.258. The van der Waals surface area contributed by atoms with E-state index >= 15 is 0 Å². The van der Waals surface area contributed by atoms with E-state index < -0.39 is 10.0 Å². The standard InChI is InChI=1S/C17H25ClN2O3S/c1-3-10-24(22,23)20-9-5-7-15(12-20)17(21)19-13(2)14-6-4-8-16(18)11-14/h4,6,8,11,13,15H,3,5,7,9-10,12H2,1-2H3,(H,19,21). The Morgan fingerprint density at radius 3 is 2.88 bits per heavy atom. The summed E-state index contributed by atoms with van der Waals surface area (Å²) in [6, 6.07) is 7.21. The van der Waals surface area contributed by atoms with Crippen LogP contribution in [0.1, 0.15) is 44.7 Å². The Hall–Kier alpha value is -1.11. The lowest BCUT2D eigenvalue weighted by Gasteiger charge is -2.31. The van der Waals surface area contributed by atoms with E-state index in [1.807, 2.05) is 32.0 Å². The smallest absolute Gasteiger partial charge is 0.224 e. The molecule has 1 N–H and O–H groups in total. The van der Waals surface area contributed by atoms with Crippen molar-refractivity contribution >= 4 is 27.5 Å². The average Bonchev–Trinajstić information content (AvgIpc) is 2.55. The fraction of sp³-hybridized carbons (Fsp3) is 0.588. The summed E-state index contributed by atoms with van der Waals surface area (Å²) in [7, 11) is -3.25. The molecule has 1 heterocycles. The van der Waals surface area contributed by atoms with Crippen LogP contribution in [0, 0.1) is 5.92 Å². The summed E-state index contributed by atoms with van der Waals surface area (Å²) in [5.41, 5.74) is 0.933. The van der Waals surface area contributed by atoms with Gasteiger partial charge >= 0.3 is 0 Å². The third-order valence-electron chi connectivity index (χ3n) is 4.32. The fourth-order valence-electron chi connectivity index (χ4n) is 2.99. The zero-order chi connectivity index (χ0) is 17.7. The summed E-state index contributed by atoms with van der Waals surface area (Å²) in [5, 5.41) is 3.61. The van der Waals surface area contributed by atoms with Crippen molar-refractivity contribution in [1.82, 2.24) is 9.62 Å². The van der Waals surface area contributed by atoms with Crippen molar-refractivity contribution < 1.29 is 13.2 Å². The second kappa shape index (κ2) is 8.32. The van der Waals surface area contributed by atoms with Crippen LogP contribution in [-0.2, 0) is 14.8 Å². The Labute approximate surface area is 149 Å². The van der Waals surface area contributed by atoms with Gasteiger partial charge in [0.2, 0.25) is 15.9 Å². The quantitative estimate of drug-likeness (QED) is 0.834. The van der Waals surface area contributed by atoms with Gasteiger partial charge in [0.05, 0.1) is 17.7 Å². The predicted octanol–water partition coefficient (Wildman–Crippen LogP) is 2.97. The molecule has 134 valence electrons. The first-order chi connectivity index (χ1) is 11.3. The van der Waals surface area contributed by atoms with Crippen LogP contribution < -0.4 is 5.32 Å². The molecule has 0 spiro atoms. The Kier molecular flexibility index (Phi) is 6.66. The lowest BCUT2D eigenvalue weighted by atomic mass is 9.98. The van der Waals surface area contributed by atoms with Gasteiger partial charge in [-0.15, -0.1) is 0 Å². The third-order valence-corrected chi connectivity index (χ3v) is 6.60. The van der Waals surface area contributed by atoms with Crippen LogP contribution in [0.4, 0.5) is 0 Å². The van der Waals surface area contributed by atoms with Crippen LogP contribution in [0.25, 0.3) is 0 Å². The SMILES string of the molecule is CCCS(=O)(=O)N1CCCC(C(=O)NC(C)c2cccc(Cl)c2)C1. The van der Waals surface area contributed by atoms with Crippen LogP contribution in [0.5, 0.6) is 0 Å². The zero-order valence-corrected chi connectivity index (χ0v) is 15.7. The molecule has 1 saturated heterocycles. The first-order valence-electron chi connectivity index (χ1n) is 8.37. The van der Waals surface area contributed by atoms with Gasteiger partial charge in [0.1, 0.15) is 0 Å². The molecular weight excluding hydrogens is 348 g/mol. The molecule has 1 aliphatic rings. The first kappa shape index (κ1) is 19.2. The summed E-state index contributed by atoms with van der Waals surface area (Å²) < 4.78 is 25.9. The number of hydrogen-bond donors (Lipinski definition) is 1. The Bertz CT molecular complexity index is 678. The maximum Gasteiger partial charge on any atom is 0.224 e. The lowest BCUT2D eigenvalue weighted by Crippen LogP contribution is -2.46. The number of piperidine rings is 1. The van der Waals surface area contributed by atoms with Crippen LogP contribution in [0.3, 0.4) is 0 Å². The largest absolute Gasteiger partial charge is 0.349 e. The third kappa shape index (κ3) is 4.94. The van der Waals surface area contributed by atoms with E-state index in [2.05, 4.69) is 5.32 Å². The molecule has 2 atom stereocenters. The molecule has 2 rings (SSSR count). The molecule has 5 nitrogen and oxygen atoms in total. The highest BCUT2D eigenvalue weighted by molar-refractivity contribution is 7.89. The molecule has 1 aromatic rings. The van der Waals surface area contributed by atoms with Gasteiger partial charge < -0.3 is 5.32 Å². The van der Waals surface area contributed by atoms with Gasteiger partial charge in [-0.2, -0.15) is 0 Å². The highest BCUT2D eigenvalue weighted by atomic mass is 35.5. The van der Waals surface area contributed by atoms with Gasteiger partial charge in [-0.25, -0.2) is 12.7 Å². The van der Waals surface area contributed by atoms with Crippen molar-refractivity contribution in [3.63, 3.8) is 0 Å². The minimum atomic E-state index is -3.25. The number of halogens is 1. The van der Waals surface area contributed by atoms with Crippen molar-refractivity contribution in [2.24, 2.45) is 5.92 Å². The van der Waals surface area contributed by atoms with Crippen molar-refractivity contribution in [1.29, 1.82) is 0 Å². The highest BCUT2D eigenvalue weighted by Crippen LogP contribution is 2.22. The van der Waals surface area contributed by atoms with E-state index in [4.69, 9.17) is 11.6 Å². The van der Waals surface area contributed by atoms with Crippen molar-refractivity contribution in [3.05, 3.63) is 34.9 Å². The molecule has 24 heavy (non-hydrogen) atoms. The van der Waals surface area contributed by atoms with Gasteiger partial charge in [0, 0.05) is 18.1 Å². The van der Waals surface area contributed by atoms with E-state index in [1.165, 1.54) is 4.31 Å². The van der Waals surface area contributed by atoms with Crippen LogP contribution >= 0.6 is 11.6 Å². The minimum absolute atomic E-state index is 0.0983. The predicted molar refractivity (Wildman–Crippen MR) is 96.4 cm³/mol. The monoisotopic (exact) mass is 372 g/mol. The first-order valence-corrected chi connectivity index (χ1v) is 10.4. The Morgan fingerprint density at radius 1 is 1.46 bits per heavy atom. The summed E-state index contributed by atoms with van der Waals surface area (Å²) >= 11 is 5.99. The molecule has 0 bridgehead atoms. The van der Waals surface area contributed by atoms with E-state index in [-0.39, 0.29) is 30.2 Å². The molecule has 1 amide bonds. The number of sulfonamides is 1. The van der Waals surface area contributed by atoms with Crippen molar-refractivity contribution in [2.45, 2.75) is 39.2 Å². The number of amides is 1. The molecule has 1 fully saturated rings. The topological polar surface area (TPSA) is 66.5 Å². The van der Waals surface area contributed by atoms with Crippen LogP contribution in [-0.4, -0.2) is 37.5 Å². The van der Waals surface area contributed by atoms with Crippen LogP contribution in [0.15, 0.2) is 24.3 Å². The Morgan fingerprint density at radius 2 is 2.21 bits per heavy atom. The summed E-state index contributed by atoms with van der Waals surface area (Å²) in [6.45, 7) is 4.53. The maximum atomic E-state index is 12.5. The second-order valence-corrected chi connectivity index (χ2v) is 8.82. The van der Waals surface area contributed by atoms with Crippen LogP contribution in [0.2, 0.25) is 5.02 Å². The van der Waals surface area contributed by atoms with Crippen molar-refractivity contribution in [3.8, 4) is 0 Å². The molecule has 1 aliphatic heterocycles. The molecule has 0 aliphatic carbocycles. The molecule has 0 radical (unpaired) electrons. The normalized spacial score (nSPS) is 20.5. The van der Waals surface area contributed by atoms with Gasteiger partial charge in [0.15, 0.2) is 0 Å². The van der Waals surface area contributed by atoms with Gasteiger partial charge in [-0.3, -0.25) is 4.79 Å². The van der Waals surface area contributed by atoms with E-state index in [0.717, 1.165) is 5.56 Å². The lowest BCUT2D eigenvalue weighted by molar-refractivity contribution is -0.126. The van der Waals surface area contributed by atoms with Crippen molar-refractivity contribution in [2.75, 3.05) is 18.8 Å². The second-order valence-electron chi connectivity index (χ2n) is 6.30. The number of rotatable bonds is 6. The number of hydrogen-bond acceptors (Lipinski definition) is 3. The van der Waals surface area contributed by atoms with Gasteiger partial charge in [-0.05, 0) is 43.9 Å². The van der Waals surface area contributed by atoms with Gasteiger partial charge in [0.25, 0.3) is 0 Å². The number of nitrogens with one attached hydrogen (secondary N) is 1.